The number of likely N-dealkylation sites (tertiary alicyclic amines) is 1. The summed E-state index contributed by atoms with van der Waals surface area (Å²) < 4.78 is 0. The lowest BCUT2D eigenvalue weighted by Crippen LogP contribution is -2.50. The molecule has 0 saturated carbocycles. The fourth-order valence-electron chi connectivity index (χ4n) is 5.09. The average Bonchev–Trinajstić information content (AvgIpc) is 2.84. The van der Waals surface area contributed by atoms with E-state index < -0.39 is 0 Å². The van der Waals surface area contributed by atoms with Gasteiger partial charge in [0.15, 0.2) is 0 Å². The number of nitrogens with zero attached hydrogens (tertiary/aromatic N) is 2. The second-order valence-corrected chi connectivity index (χ2v) is 9.09. The van der Waals surface area contributed by atoms with Gasteiger partial charge in [-0.15, -0.1) is 0 Å². The molecule has 1 atom stereocenters. The summed E-state index contributed by atoms with van der Waals surface area (Å²) in [6.07, 6.45) is 3.49. The van der Waals surface area contributed by atoms with Crippen LogP contribution in [-0.2, 0) is 24.3 Å². The summed E-state index contributed by atoms with van der Waals surface area (Å²) in [6, 6.07) is 19.5. The van der Waals surface area contributed by atoms with Crippen molar-refractivity contribution in [3.63, 3.8) is 0 Å². The summed E-state index contributed by atoms with van der Waals surface area (Å²) in [5.74, 6) is 0.336. The number of rotatable bonds is 3. The third kappa shape index (κ3) is 4.15. The van der Waals surface area contributed by atoms with E-state index in [1.165, 1.54) is 29.5 Å². The van der Waals surface area contributed by atoms with Crippen LogP contribution >= 0.6 is 0 Å². The molecule has 28 heavy (non-hydrogen) atoms. The van der Waals surface area contributed by atoms with Gasteiger partial charge in [0.05, 0.1) is 0 Å². The molecule has 1 spiro atoms. The van der Waals surface area contributed by atoms with Gasteiger partial charge in [-0.2, -0.15) is 0 Å². The van der Waals surface area contributed by atoms with Gasteiger partial charge in [-0.25, -0.2) is 0 Å². The number of amides is 1. The van der Waals surface area contributed by atoms with Crippen LogP contribution in [0.15, 0.2) is 54.6 Å². The van der Waals surface area contributed by atoms with E-state index in [9.17, 15) is 4.79 Å². The third-order valence-electron chi connectivity index (χ3n) is 6.37. The molecule has 4 rings (SSSR count). The van der Waals surface area contributed by atoms with E-state index in [0.29, 0.717) is 0 Å². The quantitative estimate of drug-likeness (QED) is 0.787. The lowest BCUT2D eigenvalue weighted by molar-refractivity contribution is -0.137. The summed E-state index contributed by atoms with van der Waals surface area (Å²) in [6.45, 7) is 8.90. The van der Waals surface area contributed by atoms with Crippen LogP contribution in [-0.4, -0.2) is 35.3 Å². The van der Waals surface area contributed by atoms with Crippen molar-refractivity contribution in [3.8, 4) is 0 Å². The third-order valence-corrected chi connectivity index (χ3v) is 6.37. The van der Waals surface area contributed by atoms with Crippen molar-refractivity contribution in [2.24, 2.45) is 11.3 Å². The first-order chi connectivity index (χ1) is 13.5. The summed E-state index contributed by atoms with van der Waals surface area (Å²) in [5, 5.41) is 0. The van der Waals surface area contributed by atoms with E-state index in [1.807, 2.05) is 13.8 Å². The lowest BCUT2D eigenvalue weighted by Gasteiger charge is -2.44. The fourth-order valence-corrected chi connectivity index (χ4v) is 5.09. The lowest BCUT2D eigenvalue weighted by atomic mass is 9.74. The average molecular weight is 377 g/mol. The molecule has 2 aliphatic rings. The molecule has 0 radical (unpaired) electrons. The Hall–Kier alpha value is -2.13. The van der Waals surface area contributed by atoms with Crippen LogP contribution in [0.3, 0.4) is 0 Å². The summed E-state index contributed by atoms with van der Waals surface area (Å²) in [5.41, 5.74) is 4.30. The molecule has 1 amide bonds. The van der Waals surface area contributed by atoms with Crippen LogP contribution in [0.5, 0.6) is 0 Å². The second kappa shape index (κ2) is 8.08. The van der Waals surface area contributed by atoms with Gasteiger partial charge < -0.3 is 4.90 Å². The molecule has 2 aromatic rings. The Morgan fingerprint density at radius 2 is 1.71 bits per heavy atom. The van der Waals surface area contributed by atoms with Crippen molar-refractivity contribution < 1.29 is 4.79 Å². The molecule has 2 aliphatic heterocycles. The summed E-state index contributed by atoms with van der Waals surface area (Å²) in [7, 11) is 0. The number of benzene rings is 2. The molecule has 0 bridgehead atoms. The maximum atomic E-state index is 13.0. The maximum Gasteiger partial charge on any atom is 0.225 e. The van der Waals surface area contributed by atoms with Crippen molar-refractivity contribution in [1.29, 1.82) is 0 Å². The molecule has 0 aromatic heterocycles. The summed E-state index contributed by atoms with van der Waals surface area (Å²) >= 11 is 0. The second-order valence-electron chi connectivity index (χ2n) is 9.09. The minimum atomic E-state index is 0.0475. The van der Waals surface area contributed by atoms with Crippen molar-refractivity contribution >= 4 is 5.91 Å². The molecular formula is C25H32N2O. The van der Waals surface area contributed by atoms with Crippen LogP contribution < -0.4 is 0 Å². The number of hydrogen-bond acceptors (Lipinski definition) is 2. The number of fused-ring (bicyclic) bond motifs is 1. The molecule has 0 N–H and O–H groups in total. The molecule has 1 fully saturated rings. The van der Waals surface area contributed by atoms with Crippen molar-refractivity contribution in [3.05, 3.63) is 71.3 Å². The molecule has 2 heterocycles. The predicted molar refractivity (Wildman–Crippen MR) is 114 cm³/mol. The van der Waals surface area contributed by atoms with Gasteiger partial charge in [0.2, 0.25) is 5.91 Å². The van der Waals surface area contributed by atoms with Crippen LogP contribution in [0.4, 0.5) is 0 Å². The van der Waals surface area contributed by atoms with Gasteiger partial charge in [-0.05, 0) is 42.5 Å². The smallest absolute Gasteiger partial charge is 0.225 e. The van der Waals surface area contributed by atoms with E-state index in [-0.39, 0.29) is 17.2 Å². The highest BCUT2D eigenvalue weighted by Gasteiger charge is 2.40. The number of carbonyl (C=O) groups is 1. The minimum Gasteiger partial charge on any atom is -0.338 e. The first-order valence-corrected chi connectivity index (χ1v) is 10.7. The topological polar surface area (TPSA) is 23.6 Å². The predicted octanol–water partition coefficient (Wildman–Crippen LogP) is 4.51. The Kier molecular flexibility index (Phi) is 5.54. The van der Waals surface area contributed by atoms with E-state index in [1.54, 1.807) is 0 Å². The van der Waals surface area contributed by atoms with Crippen molar-refractivity contribution in [2.45, 2.75) is 46.2 Å². The molecule has 3 nitrogen and oxygen atoms in total. The Morgan fingerprint density at radius 3 is 2.46 bits per heavy atom. The van der Waals surface area contributed by atoms with E-state index in [4.69, 9.17) is 0 Å². The number of carbonyl (C=O) groups excluding carboxylic acids is 1. The Balaban J connectivity index is 1.61. The maximum absolute atomic E-state index is 13.0. The van der Waals surface area contributed by atoms with E-state index >= 15 is 0 Å². The monoisotopic (exact) mass is 376 g/mol. The van der Waals surface area contributed by atoms with E-state index in [0.717, 1.165) is 39.1 Å². The molecule has 0 aliphatic carbocycles. The Bertz CT molecular complexity index is 816. The molecule has 1 unspecified atom stereocenters. The van der Waals surface area contributed by atoms with Crippen LogP contribution in [0, 0.1) is 11.3 Å². The van der Waals surface area contributed by atoms with Crippen molar-refractivity contribution in [2.75, 3.05) is 19.6 Å². The molecular weight excluding hydrogens is 344 g/mol. The highest BCUT2D eigenvalue weighted by molar-refractivity contribution is 5.78. The molecule has 1 saturated heterocycles. The number of piperidine rings is 1. The van der Waals surface area contributed by atoms with Gasteiger partial charge >= 0.3 is 0 Å². The zero-order chi connectivity index (χ0) is 19.6. The van der Waals surface area contributed by atoms with Crippen LogP contribution in [0.2, 0.25) is 0 Å². The van der Waals surface area contributed by atoms with Gasteiger partial charge in [0.25, 0.3) is 0 Å². The zero-order valence-electron chi connectivity index (χ0n) is 17.2. The first kappa shape index (κ1) is 19.2. The van der Waals surface area contributed by atoms with Gasteiger partial charge in [0, 0.05) is 37.5 Å². The highest BCUT2D eigenvalue weighted by atomic mass is 16.2. The van der Waals surface area contributed by atoms with Gasteiger partial charge in [-0.1, -0.05) is 68.4 Å². The highest BCUT2D eigenvalue weighted by Crippen LogP contribution is 2.39. The zero-order valence-corrected chi connectivity index (χ0v) is 17.2. The number of hydrogen-bond donors (Lipinski definition) is 0. The van der Waals surface area contributed by atoms with Gasteiger partial charge in [-0.3, -0.25) is 9.69 Å². The molecule has 148 valence electrons. The standard InChI is InChI=1S/C25H32N2O/c1-20(2)24(28)27-17-23-12-7-6-11-22(23)15-25(19-27)13-8-14-26(18-25)16-21-9-4-3-5-10-21/h3-7,9-12,20H,8,13-19H2,1-2H3. The summed E-state index contributed by atoms with van der Waals surface area (Å²) in [4.78, 5) is 17.7. The van der Waals surface area contributed by atoms with Crippen LogP contribution in [0.1, 0.15) is 43.4 Å². The normalized spacial score (nSPS) is 22.9. The van der Waals surface area contributed by atoms with Crippen LogP contribution in [0.25, 0.3) is 0 Å². The van der Waals surface area contributed by atoms with Gasteiger partial charge in [0.1, 0.15) is 0 Å². The van der Waals surface area contributed by atoms with Crippen molar-refractivity contribution in [1.82, 2.24) is 9.80 Å². The minimum absolute atomic E-state index is 0.0475. The fraction of sp³-hybridized carbons (Fsp3) is 0.480. The Labute approximate surface area is 169 Å². The van der Waals surface area contributed by atoms with E-state index in [2.05, 4.69) is 64.4 Å². The first-order valence-electron chi connectivity index (χ1n) is 10.7. The Morgan fingerprint density at radius 1 is 1.00 bits per heavy atom. The molecule has 3 heteroatoms. The molecule has 2 aromatic carbocycles. The SMILES string of the molecule is CC(C)C(=O)N1Cc2ccccc2CC2(CCCN(Cc3ccccc3)C2)C1. The largest absolute Gasteiger partial charge is 0.338 e.